The third-order valence-electron chi connectivity index (χ3n) is 4.85. The number of anilines is 1. The van der Waals surface area contributed by atoms with Gasteiger partial charge in [-0.05, 0) is 56.7 Å². The molecule has 2 heterocycles. The van der Waals surface area contributed by atoms with Crippen LogP contribution in [0, 0.1) is 5.82 Å². The van der Waals surface area contributed by atoms with Crippen LogP contribution < -0.4 is 20.3 Å². The summed E-state index contributed by atoms with van der Waals surface area (Å²) >= 11 is 0. The number of pyridine rings is 1. The van der Waals surface area contributed by atoms with Crippen LogP contribution in [0.3, 0.4) is 0 Å². The Kier molecular flexibility index (Phi) is 10.9. The molecule has 2 aromatic rings. The highest BCUT2D eigenvalue weighted by molar-refractivity contribution is 14.0. The van der Waals surface area contributed by atoms with Crippen LogP contribution >= 0.6 is 24.0 Å². The molecule has 2 N–H and O–H groups in total. The third-order valence-corrected chi connectivity index (χ3v) is 4.85. The summed E-state index contributed by atoms with van der Waals surface area (Å²) in [6.45, 7) is 10.4. The van der Waals surface area contributed by atoms with Crippen molar-refractivity contribution < 1.29 is 13.9 Å². The van der Waals surface area contributed by atoms with E-state index in [4.69, 9.17) is 9.47 Å². The van der Waals surface area contributed by atoms with Crippen molar-refractivity contribution in [2.45, 2.75) is 39.5 Å². The Morgan fingerprint density at radius 3 is 2.72 bits per heavy atom. The zero-order valence-electron chi connectivity index (χ0n) is 18.9. The van der Waals surface area contributed by atoms with Gasteiger partial charge in [-0.2, -0.15) is 0 Å². The molecule has 9 heteroatoms. The molecule has 0 radical (unpaired) electrons. The van der Waals surface area contributed by atoms with Crippen molar-refractivity contribution in [2.75, 3.05) is 37.7 Å². The molecule has 0 aliphatic carbocycles. The molecule has 2 unspecified atom stereocenters. The van der Waals surface area contributed by atoms with Crippen molar-refractivity contribution >= 4 is 35.8 Å². The molecule has 1 fully saturated rings. The number of rotatable bonds is 8. The number of morpholine rings is 1. The van der Waals surface area contributed by atoms with E-state index in [1.807, 2.05) is 26.1 Å². The molecule has 7 nitrogen and oxygen atoms in total. The van der Waals surface area contributed by atoms with E-state index >= 15 is 0 Å². The third kappa shape index (κ3) is 8.42. The van der Waals surface area contributed by atoms with E-state index in [0.717, 1.165) is 37.6 Å². The maximum Gasteiger partial charge on any atom is 0.191 e. The standard InChI is InChI=1S/C23H32FN5O2.HI/c1-4-25-23(27-13-17(2)31-21-8-6-20(24)7-9-21)28-15-19-5-10-22(26-14-19)29-11-12-30-18(3)16-29;/h5-10,14,17-18H,4,11-13,15-16H2,1-3H3,(H2,25,27,28);1H. The molecule has 3 rings (SSSR count). The van der Waals surface area contributed by atoms with E-state index in [1.165, 1.54) is 12.1 Å². The van der Waals surface area contributed by atoms with Crippen molar-refractivity contribution in [3.8, 4) is 5.75 Å². The fourth-order valence-corrected chi connectivity index (χ4v) is 3.26. The van der Waals surface area contributed by atoms with Gasteiger partial charge in [0.15, 0.2) is 5.96 Å². The summed E-state index contributed by atoms with van der Waals surface area (Å²) in [6.07, 6.45) is 2.00. The first-order valence-electron chi connectivity index (χ1n) is 10.8. The molecule has 0 bridgehead atoms. The Balaban J connectivity index is 0.00000363. The fourth-order valence-electron chi connectivity index (χ4n) is 3.26. The molecule has 0 saturated carbocycles. The van der Waals surface area contributed by atoms with Crippen molar-refractivity contribution in [3.05, 3.63) is 54.0 Å². The second-order valence-corrected chi connectivity index (χ2v) is 7.61. The monoisotopic (exact) mass is 557 g/mol. The van der Waals surface area contributed by atoms with Gasteiger partial charge in [0.25, 0.3) is 0 Å². The number of halogens is 2. The first-order chi connectivity index (χ1) is 15.0. The average Bonchev–Trinajstić information content (AvgIpc) is 2.77. The van der Waals surface area contributed by atoms with E-state index < -0.39 is 0 Å². The van der Waals surface area contributed by atoms with E-state index in [2.05, 4.69) is 38.5 Å². The van der Waals surface area contributed by atoms with Crippen LogP contribution in [0.5, 0.6) is 5.75 Å². The van der Waals surface area contributed by atoms with Crippen molar-refractivity contribution in [2.24, 2.45) is 4.99 Å². The maximum atomic E-state index is 13.0. The number of nitrogens with zero attached hydrogens (tertiary/aromatic N) is 3. The Hall–Kier alpha value is -2.14. The molecular formula is C23H33FIN5O2. The SMILES string of the molecule is CCNC(=NCc1ccc(N2CCOC(C)C2)nc1)NCC(C)Oc1ccc(F)cc1.I. The van der Waals surface area contributed by atoms with Crippen molar-refractivity contribution in [1.82, 2.24) is 15.6 Å². The lowest BCUT2D eigenvalue weighted by Crippen LogP contribution is -2.41. The summed E-state index contributed by atoms with van der Waals surface area (Å²) < 4.78 is 24.4. The summed E-state index contributed by atoms with van der Waals surface area (Å²) in [4.78, 5) is 11.5. The maximum absolute atomic E-state index is 13.0. The minimum Gasteiger partial charge on any atom is -0.489 e. The molecule has 0 spiro atoms. The summed E-state index contributed by atoms with van der Waals surface area (Å²) in [6, 6.07) is 10.1. The second-order valence-electron chi connectivity index (χ2n) is 7.61. The lowest BCUT2D eigenvalue weighted by atomic mass is 10.2. The number of ether oxygens (including phenoxy) is 2. The Morgan fingerprint density at radius 1 is 1.28 bits per heavy atom. The molecule has 1 aromatic heterocycles. The van der Waals surface area contributed by atoms with Gasteiger partial charge >= 0.3 is 0 Å². The van der Waals surface area contributed by atoms with E-state index in [1.54, 1.807) is 12.1 Å². The summed E-state index contributed by atoms with van der Waals surface area (Å²) in [5, 5.41) is 6.53. The molecule has 2 atom stereocenters. The van der Waals surface area contributed by atoms with Gasteiger partial charge in [-0.25, -0.2) is 14.4 Å². The average molecular weight is 557 g/mol. The topological polar surface area (TPSA) is 71.0 Å². The zero-order chi connectivity index (χ0) is 22.1. The van der Waals surface area contributed by atoms with E-state index in [0.29, 0.717) is 24.8 Å². The highest BCUT2D eigenvalue weighted by atomic mass is 127. The summed E-state index contributed by atoms with van der Waals surface area (Å²) in [5.41, 5.74) is 1.04. The minimum absolute atomic E-state index is 0. The van der Waals surface area contributed by atoms with Gasteiger partial charge in [-0.1, -0.05) is 6.07 Å². The second kappa shape index (κ2) is 13.4. The number of hydrogen-bond acceptors (Lipinski definition) is 5. The van der Waals surface area contributed by atoms with Crippen LogP contribution in [-0.4, -0.2) is 55.9 Å². The molecular weight excluding hydrogens is 524 g/mol. The molecule has 176 valence electrons. The van der Waals surface area contributed by atoms with Gasteiger partial charge < -0.3 is 25.0 Å². The van der Waals surface area contributed by atoms with E-state index in [-0.39, 0.29) is 42.0 Å². The fraction of sp³-hybridized carbons (Fsp3) is 0.478. The zero-order valence-corrected chi connectivity index (χ0v) is 21.2. The minimum atomic E-state index is -0.276. The van der Waals surface area contributed by atoms with Crippen molar-refractivity contribution in [3.63, 3.8) is 0 Å². The largest absolute Gasteiger partial charge is 0.489 e. The Labute approximate surface area is 206 Å². The number of hydrogen-bond donors (Lipinski definition) is 2. The molecule has 1 aromatic carbocycles. The molecule has 1 aliphatic rings. The van der Waals surface area contributed by atoms with Gasteiger partial charge in [0.05, 0.1) is 25.8 Å². The molecule has 1 aliphatic heterocycles. The lowest BCUT2D eigenvalue weighted by molar-refractivity contribution is 0.0529. The van der Waals surface area contributed by atoms with Gasteiger partial charge in [-0.15, -0.1) is 24.0 Å². The number of guanidine groups is 1. The normalized spacial score (nSPS) is 17.3. The summed E-state index contributed by atoms with van der Waals surface area (Å²) in [7, 11) is 0. The predicted molar refractivity (Wildman–Crippen MR) is 137 cm³/mol. The number of aromatic nitrogens is 1. The Morgan fingerprint density at radius 2 is 2.06 bits per heavy atom. The van der Waals surface area contributed by atoms with Gasteiger partial charge in [0, 0.05) is 25.8 Å². The first-order valence-corrected chi connectivity index (χ1v) is 10.8. The number of aliphatic imine (C=N–C) groups is 1. The van der Waals surface area contributed by atoms with Crippen LogP contribution in [0.2, 0.25) is 0 Å². The Bertz CT molecular complexity index is 835. The molecule has 32 heavy (non-hydrogen) atoms. The predicted octanol–water partition coefficient (Wildman–Crippen LogP) is 3.59. The number of nitrogens with one attached hydrogen (secondary N) is 2. The highest BCUT2D eigenvalue weighted by Gasteiger charge is 2.17. The summed E-state index contributed by atoms with van der Waals surface area (Å²) in [5.74, 6) is 2.04. The van der Waals surface area contributed by atoms with E-state index in [9.17, 15) is 4.39 Å². The van der Waals surface area contributed by atoms with Crippen molar-refractivity contribution in [1.29, 1.82) is 0 Å². The molecule has 1 saturated heterocycles. The smallest absolute Gasteiger partial charge is 0.191 e. The van der Waals surface area contributed by atoms with Gasteiger partial charge in [0.2, 0.25) is 0 Å². The first kappa shape index (κ1) is 26.1. The quantitative estimate of drug-likeness (QED) is 0.294. The highest BCUT2D eigenvalue weighted by Crippen LogP contribution is 2.16. The number of benzene rings is 1. The van der Waals surface area contributed by atoms with Gasteiger partial charge in [-0.3, -0.25) is 0 Å². The van der Waals surface area contributed by atoms with Crippen LogP contribution in [-0.2, 0) is 11.3 Å². The van der Waals surface area contributed by atoms with Gasteiger partial charge in [0.1, 0.15) is 23.5 Å². The lowest BCUT2D eigenvalue weighted by Gasteiger charge is -2.32. The molecule has 0 amide bonds. The van der Waals surface area contributed by atoms with Crippen LogP contribution in [0.4, 0.5) is 10.2 Å². The van der Waals surface area contributed by atoms with Crippen LogP contribution in [0.15, 0.2) is 47.6 Å². The van der Waals surface area contributed by atoms with Crippen LogP contribution in [0.25, 0.3) is 0 Å². The van der Waals surface area contributed by atoms with Crippen LogP contribution in [0.1, 0.15) is 26.3 Å².